The van der Waals surface area contributed by atoms with E-state index in [1.165, 1.54) is 0 Å². The van der Waals surface area contributed by atoms with Crippen molar-refractivity contribution >= 4 is 34.6 Å². The minimum absolute atomic E-state index is 0.534. The van der Waals surface area contributed by atoms with Gasteiger partial charge in [-0.25, -0.2) is 0 Å². The van der Waals surface area contributed by atoms with Gasteiger partial charge in [-0.3, -0.25) is 4.98 Å². The van der Waals surface area contributed by atoms with Gasteiger partial charge in [0, 0.05) is 18.9 Å². The Labute approximate surface area is 116 Å². The molecule has 0 aliphatic rings. The van der Waals surface area contributed by atoms with Crippen LogP contribution in [0.3, 0.4) is 0 Å². The summed E-state index contributed by atoms with van der Waals surface area (Å²) in [4.78, 5) is 4.04. The Morgan fingerprint density at radius 1 is 1.22 bits per heavy atom. The van der Waals surface area contributed by atoms with Gasteiger partial charge in [0.15, 0.2) is 5.11 Å². The summed E-state index contributed by atoms with van der Waals surface area (Å²) in [6.07, 6.45) is 3.54. The number of halogens is 1. The molecule has 2 N–H and O–H groups in total. The molecule has 0 fully saturated rings. The predicted molar refractivity (Wildman–Crippen MR) is 78.7 cm³/mol. The van der Waals surface area contributed by atoms with Crippen LogP contribution >= 0.6 is 23.8 Å². The Bertz CT molecular complexity index is 531. The Kier molecular flexibility index (Phi) is 4.50. The molecule has 0 atom stereocenters. The molecule has 18 heavy (non-hydrogen) atoms. The molecular formula is C13H12ClN3S. The summed E-state index contributed by atoms with van der Waals surface area (Å²) in [5, 5.41) is 7.32. The van der Waals surface area contributed by atoms with Crippen LogP contribution in [0, 0.1) is 0 Å². The zero-order valence-electron chi connectivity index (χ0n) is 9.56. The predicted octanol–water partition coefficient (Wildman–Crippen LogP) is 3.22. The number of nitrogens with one attached hydrogen (secondary N) is 2. The smallest absolute Gasteiger partial charge is 0.171 e. The second-order valence-corrected chi connectivity index (χ2v) is 4.46. The topological polar surface area (TPSA) is 37.0 Å². The molecule has 0 saturated heterocycles. The van der Waals surface area contributed by atoms with Gasteiger partial charge >= 0.3 is 0 Å². The molecule has 0 saturated carbocycles. The summed E-state index contributed by atoms with van der Waals surface area (Å²) in [6, 6.07) is 11.3. The molecule has 1 aromatic heterocycles. The highest BCUT2D eigenvalue weighted by Gasteiger charge is 2.01. The SMILES string of the molecule is S=C(NCc1cccnc1)Nc1ccccc1Cl. The summed E-state index contributed by atoms with van der Waals surface area (Å²) in [5.41, 5.74) is 1.86. The number of hydrogen-bond acceptors (Lipinski definition) is 2. The lowest BCUT2D eigenvalue weighted by Crippen LogP contribution is -2.28. The van der Waals surface area contributed by atoms with E-state index in [0.29, 0.717) is 16.7 Å². The number of thiocarbonyl (C=S) groups is 1. The molecule has 1 aromatic carbocycles. The van der Waals surface area contributed by atoms with Gasteiger partial charge in [-0.15, -0.1) is 0 Å². The minimum Gasteiger partial charge on any atom is -0.358 e. The number of benzene rings is 1. The second kappa shape index (κ2) is 6.33. The molecule has 0 unspecified atom stereocenters. The monoisotopic (exact) mass is 277 g/mol. The highest BCUT2D eigenvalue weighted by Crippen LogP contribution is 2.20. The molecule has 3 nitrogen and oxygen atoms in total. The fourth-order valence-corrected chi connectivity index (χ4v) is 1.78. The molecule has 5 heteroatoms. The van der Waals surface area contributed by atoms with Crippen molar-refractivity contribution in [2.45, 2.75) is 6.54 Å². The maximum atomic E-state index is 6.03. The van der Waals surface area contributed by atoms with E-state index in [1.54, 1.807) is 12.4 Å². The van der Waals surface area contributed by atoms with Crippen molar-refractivity contribution in [2.24, 2.45) is 0 Å². The highest BCUT2D eigenvalue weighted by atomic mass is 35.5. The second-order valence-electron chi connectivity index (χ2n) is 3.65. The summed E-state index contributed by atoms with van der Waals surface area (Å²) in [7, 11) is 0. The maximum absolute atomic E-state index is 6.03. The van der Waals surface area contributed by atoms with Crippen molar-refractivity contribution in [3.63, 3.8) is 0 Å². The average Bonchev–Trinajstić information content (AvgIpc) is 2.40. The molecule has 2 aromatic rings. The highest BCUT2D eigenvalue weighted by molar-refractivity contribution is 7.80. The number of para-hydroxylation sites is 1. The molecule has 0 amide bonds. The lowest BCUT2D eigenvalue weighted by molar-refractivity contribution is 0.916. The Balaban J connectivity index is 1.88. The van der Waals surface area contributed by atoms with Crippen LogP contribution in [0.1, 0.15) is 5.56 Å². The van der Waals surface area contributed by atoms with Gasteiger partial charge in [0.2, 0.25) is 0 Å². The first-order valence-electron chi connectivity index (χ1n) is 5.44. The first-order valence-corrected chi connectivity index (χ1v) is 6.22. The third kappa shape index (κ3) is 3.68. The quantitative estimate of drug-likeness (QED) is 0.845. The number of nitrogens with zero attached hydrogens (tertiary/aromatic N) is 1. The largest absolute Gasteiger partial charge is 0.358 e. The zero-order chi connectivity index (χ0) is 12.8. The maximum Gasteiger partial charge on any atom is 0.171 e. The number of rotatable bonds is 3. The Morgan fingerprint density at radius 3 is 2.78 bits per heavy atom. The van der Waals surface area contributed by atoms with E-state index >= 15 is 0 Å². The number of anilines is 1. The molecule has 0 aliphatic heterocycles. The van der Waals surface area contributed by atoms with Gasteiger partial charge in [-0.1, -0.05) is 29.8 Å². The Morgan fingerprint density at radius 2 is 2.06 bits per heavy atom. The van der Waals surface area contributed by atoms with Gasteiger partial charge in [0.1, 0.15) is 0 Å². The van der Waals surface area contributed by atoms with Crippen LogP contribution in [0.2, 0.25) is 5.02 Å². The minimum atomic E-state index is 0.534. The van der Waals surface area contributed by atoms with Gasteiger partial charge in [-0.05, 0) is 36.0 Å². The van der Waals surface area contributed by atoms with Crippen molar-refractivity contribution in [2.75, 3.05) is 5.32 Å². The van der Waals surface area contributed by atoms with E-state index in [9.17, 15) is 0 Å². The molecule has 92 valence electrons. The fourth-order valence-electron chi connectivity index (χ4n) is 1.41. The van der Waals surface area contributed by atoms with Gasteiger partial charge in [-0.2, -0.15) is 0 Å². The van der Waals surface area contributed by atoms with Crippen LogP contribution in [0.4, 0.5) is 5.69 Å². The lowest BCUT2D eigenvalue weighted by Gasteiger charge is -2.11. The van der Waals surface area contributed by atoms with Gasteiger partial charge < -0.3 is 10.6 Å². The first kappa shape index (κ1) is 12.8. The molecular weight excluding hydrogens is 266 g/mol. The van der Waals surface area contributed by atoms with E-state index in [4.69, 9.17) is 23.8 Å². The molecule has 0 spiro atoms. The summed E-state index contributed by atoms with van der Waals surface area (Å²) < 4.78 is 0. The van der Waals surface area contributed by atoms with Crippen LogP contribution in [0.25, 0.3) is 0 Å². The lowest BCUT2D eigenvalue weighted by atomic mass is 10.3. The van der Waals surface area contributed by atoms with Crippen LogP contribution in [-0.4, -0.2) is 10.1 Å². The van der Waals surface area contributed by atoms with Gasteiger partial charge in [0.25, 0.3) is 0 Å². The van der Waals surface area contributed by atoms with E-state index in [1.807, 2.05) is 36.4 Å². The van der Waals surface area contributed by atoms with Gasteiger partial charge in [0.05, 0.1) is 10.7 Å². The third-order valence-corrected chi connectivity index (χ3v) is 2.87. The van der Waals surface area contributed by atoms with Crippen LogP contribution in [0.5, 0.6) is 0 Å². The van der Waals surface area contributed by atoms with Crippen LogP contribution < -0.4 is 10.6 Å². The average molecular weight is 278 g/mol. The van der Waals surface area contributed by atoms with E-state index < -0.39 is 0 Å². The summed E-state index contributed by atoms with van der Waals surface area (Å²) >= 11 is 11.2. The van der Waals surface area contributed by atoms with Crippen molar-refractivity contribution in [3.8, 4) is 0 Å². The number of aromatic nitrogens is 1. The third-order valence-electron chi connectivity index (χ3n) is 2.30. The summed E-state index contributed by atoms with van der Waals surface area (Å²) in [5.74, 6) is 0. The normalized spacial score (nSPS) is 9.83. The molecule has 2 rings (SSSR count). The van der Waals surface area contributed by atoms with Crippen molar-refractivity contribution in [1.82, 2.24) is 10.3 Å². The molecule has 0 aliphatic carbocycles. The number of pyridine rings is 1. The standard InChI is InChI=1S/C13H12ClN3S/c14-11-5-1-2-6-12(11)17-13(18)16-9-10-4-3-7-15-8-10/h1-8H,9H2,(H2,16,17,18). The Hall–Kier alpha value is -1.65. The molecule has 0 radical (unpaired) electrons. The molecule has 1 heterocycles. The van der Waals surface area contributed by atoms with Crippen molar-refractivity contribution < 1.29 is 0 Å². The van der Waals surface area contributed by atoms with Crippen molar-refractivity contribution in [1.29, 1.82) is 0 Å². The van der Waals surface area contributed by atoms with E-state index in [2.05, 4.69) is 15.6 Å². The van der Waals surface area contributed by atoms with Crippen LogP contribution in [0.15, 0.2) is 48.8 Å². The molecule has 0 bridgehead atoms. The van der Waals surface area contributed by atoms with E-state index in [0.717, 1.165) is 11.3 Å². The van der Waals surface area contributed by atoms with E-state index in [-0.39, 0.29) is 0 Å². The first-order chi connectivity index (χ1) is 8.75. The summed E-state index contributed by atoms with van der Waals surface area (Å²) in [6.45, 7) is 0.629. The van der Waals surface area contributed by atoms with Crippen molar-refractivity contribution in [3.05, 3.63) is 59.4 Å². The fraction of sp³-hybridized carbons (Fsp3) is 0.0769. The zero-order valence-corrected chi connectivity index (χ0v) is 11.1. The van der Waals surface area contributed by atoms with Crippen LogP contribution in [-0.2, 0) is 6.54 Å². The number of hydrogen-bond donors (Lipinski definition) is 2.